The van der Waals surface area contributed by atoms with Gasteiger partial charge < -0.3 is 15.5 Å². The SMILES string of the molecule is C[C@@H]1[C@@H](NC(=O)[C@@H]2[C@H]([C@H](C)O)[C@H](CO)ON2Cc2cccc(I)c2)C[C@H]2C[C@@H]1C2(C)C. The summed E-state index contributed by atoms with van der Waals surface area (Å²) in [6.07, 6.45) is 0.887. The lowest BCUT2D eigenvalue weighted by Crippen LogP contribution is -2.62. The molecule has 1 saturated heterocycles. The molecule has 0 radical (unpaired) electrons. The molecule has 4 aliphatic rings. The molecule has 4 fully saturated rings. The van der Waals surface area contributed by atoms with Crippen molar-refractivity contribution in [2.75, 3.05) is 6.61 Å². The van der Waals surface area contributed by atoms with Crippen molar-refractivity contribution in [3.63, 3.8) is 0 Å². The second kappa shape index (κ2) is 8.89. The van der Waals surface area contributed by atoms with E-state index in [9.17, 15) is 15.0 Å². The Morgan fingerprint density at radius 2 is 2.13 bits per heavy atom. The van der Waals surface area contributed by atoms with Crippen molar-refractivity contribution >= 4 is 28.5 Å². The molecule has 2 bridgehead atoms. The fraction of sp³-hybridized carbons (Fsp3) is 0.708. The third-order valence-electron chi connectivity index (χ3n) is 8.29. The molecule has 8 atom stereocenters. The summed E-state index contributed by atoms with van der Waals surface area (Å²) in [5.74, 6) is 1.12. The molecule has 7 heteroatoms. The molecule has 3 N–H and O–H groups in total. The maximum atomic E-state index is 13.6. The van der Waals surface area contributed by atoms with Crippen LogP contribution in [0, 0.1) is 32.7 Å². The lowest BCUT2D eigenvalue weighted by molar-refractivity contribution is -0.183. The molecule has 1 aliphatic heterocycles. The van der Waals surface area contributed by atoms with E-state index in [-0.39, 0.29) is 18.6 Å². The lowest BCUT2D eigenvalue weighted by atomic mass is 9.45. The van der Waals surface area contributed by atoms with Gasteiger partial charge in [0.05, 0.1) is 19.3 Å². The van der Waals surface area contributed by atoms with Crippen molar-refractivity contribution in [1.29, 1.82) is 0 Å². The van der Waals surface area contributed by atoms with Crippen LogP contribution in [0.1, 0.15) is 46.1 Å². The van der Waals surface area contributed by atoms with Crippen LogP contribution < -0.4 is 5.32 Å². The Bertz CT molecular complexity index is 817. The van der Waals surface area contributed by atoms with Crippen LogP contribution >= 0.6 is 22.6 Å². The number of halogens is 1. The Hall–Kier alpha value is -0.740. The smallest absolute Gasteiger partial charge is 0.240 e. The summed E-state index contributed by atoms with van der Waals surface area (Å²) in [6.45, 7) is 8.82. The van der Waals surface area contributed by atoms with Crippen molar-refractivity contribution in [1.82, 2.24) is 10.4 Å². The van der Waals surface area contributed by atoms with E-state index in [1.807, 2.05) is 18.2 Å². The van der Waals surface area contributed by atoms with Gasteiger partial charge in [-0.05, 0) is 83.2 Å². The van der Waals surface area contributed by atoms with Gasteiger partial charge in [-0.25, -0.2) is 0 Å². The molecule has 1 amide bonds. The highest BCUT2D eigenvalue weighted by Gasteiger charge is 2.57. The third-order valence-corrected chi connectivity index (χ3v) is 8.96. The number of nitrogens with zero attached hydrogens (tertiary/aromatic N) is 1. The van der Waals surface area contributed by atoms with E-state index >= 15 is 0 Å². The van der Waals surface area contributed by atoms with Crippen molar-refractivity contribution in [2.24, 2.45) is 29.1 Å². The van der Waals surface area contributed by atoms with Gasteiger partial charge in [0.1, 0.15) is 12.1 Å². The minimum absolute atomic E-state index is 0.108. The Morgan fingerprint density at radius 1 is 1.39 bits per heavy atom. The number of hydroxylamine groups is 2. The molecule has 172 valence electrons. The molecule has 0 spiro atoms. The highest BCUT2D eigenvalue weighted by atomic mass is 127. The van der Waals surface area contributed by atoms with E-state index in [0.29, 0.717) is 29.7 Å². The number of hydrogen-bond donors (Lipinski definition) is 3. The van der Waals surface area contributed by atoms with Gasteiger partial charge in [-0.1, -0.05) is 32.9 Å². The highest BCUT2D eigenvalue weighted by molar-refractivity contribution is 14.1. The van der Waals surface area contributed by atoms with Gasteiger partial charge in [-0.15, -0.1) is 0 Å². The van der Waals surface area contributed by atoms with Crippen LogP contribution in [0.25, 0.3) is 0 Å². The Morgan fingerprint density at radius 3 is 2.71 bits per heavy atom. The van der Waals surface area contributed by atoms with E-state index < -0.39 is 24.2 Å². The van der Waals surface area contributed by atoms with Crippen LogP contribution in [-0.4, -0.2) is 52.1 Å². The summed E-state index contributed by atoms with van der Waals surface area (Å²) in [5, 5.41) is 25.3. The Balaban J connectivity index is 1.53. The van der Waals surface area contributed by atoms with Crippen molar-refractivity contribution in [3.05, 3.63) is 33.4 Å². The topological polar surface area (TPSA) is 82.0 Å². The molecule has 0 aromatic heterocycles. The highest BCUT2D eigenvalue weighted by Crippen LogP contribution is 2.61. The third kappa shape index (κ3) is 4.28. The summed E-state index contributed by atoms with van der Waals surface area (Å²) in [5.41, 5.74) is 1.39. The number of hydrogen-bond acceptors (Lipinski definition) is 5. The Labute approximate surface area is 198 Å². The molecule has 31 heavy (non-hydrogen) atoms. The minimum Gasteiger partial charge on any atom is -0.394 e. The molecule has 1 aromatic rings. The number of fused-ring (bicyclic) bond motifs is 2. The zero-order valence-electron chi connectivity index (χ0n) is 18.8. The van der Waals surface area contributed by atoms with Crippen LogP contribution in [0.4, 0.5) is 0 Å². The second-order valence-corrected chi connectivity index (χ2v) is 11.6. The van der Waals surface area contributed by atoms with E-state index in [1.165, 1.54) is 6.42 Å². The molecular formula is C24H35IN2O4. The number of aliphatic hydroxyl groups excluding tert-OH is 2. The summed E-state index contributed by atoms with van der Waals surface area (Å²) in [7, 11) is 0. The van der Waals surface area contributed by atoms with Crippen LogP contribution in [0.15, 0.2) is 24.3 Å². The number of aliphatic hydroxyl groups is 2. The van der Waals surface area contributed by atoms with Gasteiger partial charge in [0.25, 0.3) is 0 Å². The molecule has 6 nitrogen and oxygen atoms in total. The maximum Gasteiger partial charge on any atom is 0.240 e. The second-order valence-electron chi connectivity index (χ2n) is 10.4. The number of benzene rings is 1. The first-order chi connectivity index (χ1) is 14.6. The largest absolute Gasteiger partial charge is 0.394 e. The fourth-order valence-electron chi connectivity index (χ4n) is 6.30. The van der Waals surface area contributed by atoms with Gasteiger partial charge in [0.15, 0.2) is 0 Å². The predicted molar refractivity (Wildman–Crippen MR) is 127 cm³/mol. The van der Waals surface area contributed by atoms with Gasteiger partial charge in [-0.3, -0.25) is 9.63 Å². The van der Waals surface area contributed by atoms with E-state index in [1.54, 1.807) is 12.0 Å². The quantitative estimate of drug-likeness (QED) is 0.482. The molecule has 3 aliphatic carbocycles. The van der Waals surface area contributed by atoms with Gasteiger partial charge in [-0.2, -0.15) is 5.06 Å². The zero-order valence-corrected chi connectivity index (χ0v) is 21.0. The van der Waals surface area contributed by atoms with Crippen LogP contribution in [0.2, 0.25) is 0 Å². The number of carbonyl (C=O) groups is 1. The zero-order chi connectivity index (χ0) is 22.5. The number of amides is 1. The maximum absolute atomic E-state index is 13.6. The van der Waals surface area contributed by atoms with Gasteiger partial charge in [0.2, 0.25) is 5.91 Å². The minimum atomic E-state index is -0.773. The summed E-state index contributed by atoms with van der Waals surface area (Å²) in [6, 6.07) is 7.56. The molecule has 0 unspecified atom stereocenters. The van der Waals surface area contributed by atoms with E-state index in [0.717, 1.165) is 15.6 Å². The summed E-state index contributed by atoms with van der Waals surface area (Å²) in [4.78, 5) is 19.6. The van der Waals surface area contributed by atoms with E-state index in [2.05, 4.69) is 54.7 Å². The number of carbonyl (C=O) groups excluding carboxylic acids is 1. The molecular weight excluding hydrogens is 507 g/mol. The van der Waals surface area contributed by atoms with Crippen molar-refractivity contribution < 1.29 is 19.8 Å². The molecule has 1 aromatic carbocycles. The number of nitrogens with one attached hydrogen (secondary N) is 1. The Kier molecular flexibility index (Phi) is 6.72. The monoisotopic (exact) mass is 542 g/mol. The lowest BCUT2D eigenvalue weighted by Gasteiger charge is -2.62. The average Bonchev–Trinajstić information content (AvgIpc) is 3.07. The van der Waals surface area contributed by atoms with Crippen LogP contribution in [0.3, 0.4) is 0 Å². The van der Waals surface area contributed by atoms with Gasteiger partial charge in [0, 0.05) is 15.5 Å². The standard InChI is InChI=1S/C24H35IN2O4/c1-13-18-9-16(24(18,3)4)10-19(13)26-23(30)22-21(14(2)29)20(12-28)31-27(22)11-15-6-5-7-17(25)8-15/h5-8,13-14,16,18-22,28-29H,9-12H2,1-4H3,(H,26,30)/t13-,14-,16+,18-,19-,20-,21+,22-/m0/s1. The van der Waals surface area contributed by atoms with Crippen LogP contribution in [-0.2, 0) is 16.2 Å². The van der Waals surface area contributed by atoms with E-state index in [4.69, 9.17) is 4.84 Å². The van der Waals surface area contributed by atoms with Gasteiger partial charge >= 0.3 is 0 Å². The number of rotatable bonds is 6. The average molecular weight is 542 g/mol. The fourth-order valence-corrected chi connectivity index (χ4v) is 6.91. The first kappa shape index (κ1) is 23.4. The summed E-state index contributed by atoms with van der Waals surface area (Å²) < 4.78 is 1.11. The van der Waals surface area contributed by atoms with Crippen molar-refractivity contribution in [3.8, 4) is 0 Å². The first-order valence-electron chi connectivity index (χ1n) is 11.4. The first-order valence-corrected chi connectivity index (χ1v) is 12.5. The summed E-state index contributed by atoms with van der Waals surface area (Å²) >= 11 is 2.27. The molecule has 5 rings (SSSR count). The van der Waals surface area contributed by atoms with Crippen LogP contribution in [0.5, 0.6) is 0 Å². The molecule has 1 heterocycles. The predicted octanol–water partition coefficient (Wildman–Crippen LogP) is 2.95. The van der Waals surface area contributed by atoms with Crippen molar-refractivity contribution in [2.45, 2.75) is 71.4 Å². The molecule has 3 saturated carbocycles. The normalized spacial score (nSPS) is 37.8.